The van der Waals surface area contributed by atoms with E-state index in [0.29, 0.717) is 12.8 Å². The molecule has 0 aliphatic rings. The van der Waals surface area contributed by atoms with E-state index in [2.05, 4.69) is 0 Å². The molecule has 0 unspecified atom stereocenters. The van der Waals surface area contributed by atoms with Crippen LogP contribution >= 0.6 is 0 Å². The fraction of sp³-hybridized carbons (Fsp3) is 0.765. The highest BCUT2D eigenvalue weighted by Crippen LogP contribution is 2.09. The Balaban J connectivity index is 2.22. The Labute approximate surface area is 163 Å². The molecule has 0 bridgehead atoms. The third kappa shape index (κ3) is 7.45. The van der Waals surface area contributed by atoms with Gasteiger partial charge in [0.1, 0.15) is 5.75 Å². The summed E-state index contributed by atoms with van der Waals surface area (Å²) in [4.78, 5) is 46.3. The lowest BCUT2D eigenvalue weighted by Gasteiger charge is -2.08. The molecule has 0 atom stereocenters. The van der Waals surface area contributed by atoms with Crippen LogP contribution in [0, 0.1) is 0 Å². The fourth-order valence-corrected chi connectivity index (χ4v) is 4.19. The summed E-state index contributed by atoms with van der Waals surface area (Å²) >= 11 is 0. The first-order valence-electron chi connectivity index (χ1n) is 9.42. The molecule has 0 aliphatic carbocycles. The summed E-state index contributed by atoms with van der Waals surface area (Å²) in [6, 6.07) is 0. The summed E-state index contributed by atoms with van der Waals surface area (Å²) in [6.07, 6.45) is 6.62. The molecule has 1 rings (SSSR count). The molecule has 0 aromatic carbocycles. The summed E-state index contributed by atoms with van der Waals surface area (Å²) in [7, 11) is -0.685. The van der Waals surface area contributed by atoms with Crippen molar-refractivity contribution in [1.82, 2.24) is 13.7 Å². The molecule has 1 heterocycles. The van der Waals surface area contributed by atoms with E-state index in [1.165, 1.54) is 14.1 Å². The average molecular weight is 419 g/mol. The minimum absolute atomic E-state index is 0.0147. The van der Waals surface area contributed by atoms with Gasteiger partial charge in [-0.15, -0.1) is 0 Å². The first-order chi connectivity index (χ1) is 13.1. The lowest BCUT2D eigenvalue weighted by molar-refractivity contribution is -0.115. The molecule has 0 aliphatic heterocycles. The topological polar surface area (TPSA) is 143 Å². The number of rotatable bonds is 13. The molecule has 0 fully saturated rings. The Hall–Kier alpha value is -2.17. The Morgan fingerprint density at radius 2 is 1.21 bits per heavy atom. The van der Waals surface area contributed by atoms with Crippen molar-refractivity contribution in [2.45, 2.75) is 57.9 Å². The molecule has 1 aromatic rings. The van der Waals surface area contributed by atoms with Crippen molar-refractivity contribution < 1.29 is 13.2 Å². The number of hydrogen-bond donors (Lipinski definition) is 1. The van der Waals surface area contributed by atoms with E-state index in [4.69, 9.17) is 5.73 Å². The van der Waals surface area contributed by atoms with Crippen LogP contribution in [0.25, 0.3) is 0 Å². The molecule has 10 nitrogen and oxygen atoms in total. The minimum atomic E-state index is -3.38. The summed E-state index contributed by atoms with van der Waals surface area (Å²) in [5.41, 5.74) is 3.07. The van der Waals surface area contributed by atoms with Crippen LogP contribution in [0.15, 0.2) is 14.4 Å². The maximum Gasteiger partial charge on any atom is 0.336 e. The van der Waals surface area contributed by atoms with Gasteiger partial charge in [0.2, 0.25) is 5.91 Å². The van der Waals surface area contributed by atoms with E-state index < -0.39 is 38.6 Å². The number of carbonyl (C=O) groups is 1. The Morgan fingerprint density at radius 1 is 0.786 bits per heavy atom. The number of hydrogen-bond acceptors (Lipinski definition) is 6. The largest absolute Gasteiger partial charge is 0.369 e. The number of carbonyl (C=O) groups excluding carboxylic acids is 1. The van der Waals surface area contributed by atoms with Crippen LogP contribution in [0.4, 0.5) is 0 Å². The molecule has 11 heteroatoms. The highest BCUT2D eigenvalue weighted by molar-refractivity contribution is 7.92. The molecular weight excluding hydrogens is 388 g/mol. The van der Waals surface area contributed by atoms with Gasteiger partial charge in [-0.25, -0.2) is 36.5 Å². The normalized spacial score (nSPS) is 11.6. The zero-order chi connectivity index (χ0) is 21.3. The number of nitrogens with zero attached hydrogens (tertiary/aromatic N) is 3. The smallest absolute Gasteiger partial charge is 0.336 e. The summed E-state index contributed by atoms with van der Waals surface area (Å²) in [6.45, 7) is 0.275. The second-order valence-electron chi connectivity index (χ2n) is 7.00. The van der Waals surface area contributed by atoms with Crippen LogP contribution in [0.5, 0.6) is 0 Å². The maximum atomic E-state index is 12.0. The van der Waals surface area contributed by atoms with Crippen molar-refractivity contribution >= 4 is 15.7 Å². The summed E-state index contributed by atoms with van der Waals surface area (Å²) < 4.78 is 25.9. The predicted octanol–water partition coefficient (Wildman–Crippen LogP) is -0.733. The van der Waals surface area contributed by atoms with E-state index in [-0.39, 0.29) is 12.3 Å². The number of amides is 1. The van der Waals surface area contributed by atoms with Crippen molar-refractivity contribution in [3.05, 3.63) is 31.5 Å². The number of aromatic nitrogens is 3. The zero-order valence-electron chi connectivity index (χ0n) is 16.6. The van der Waals surface area contributed by atoms with Crippen molar-refractivity contribution in [1.29, 1.82) is 0 Å². The van der Waals surface area contributed by atoms with Crippen LogP contribution < -0.4 is 22.8 Å². The van der Waals surface area contributed by atoms with Gasteiger partial charge < -0.3 is 5.73 Å². The van der Waals surface area contributed by atoms with E-state index in [1.54, 1.807) is 0 Å². The van der Waals surface area contributed by atoms with E-state index in [9.17, 15) is 27.6 Å². The van der Waals surface area contributed by atoms with E-state index in [0.717, 1.165) is 52.2 Å². The maximum absolute atomic E-state index is 12.0. The number of nitrogens with two attached hydrogens (primary N) is 1. The van der Waals surface area contributed by atoms with Crippen molar-refractivity contribution in [3.63, 3.8) is 0 Å². The van der Waals surface area contributed by atoms with Gasteiger partial charge in [0.25, 0.3) is 0 Å². The molecule has 0 radical (unpaired) electrons. The molecular formula is C17H30N4O6S. The van der Waals surface area contributed by atoms with Crippen molar-refractivity contribution in [3.8, 4) is 0 Å². The molecule has 1 amide bonds. The molecule has 160 valence electrons. The summed E-state index contributed by atoms with van der Waals surface area (Å²) in [5, 5.41) is 0. The van der Waals surface area contributed by atoms with Crippen molar-refractivity contribution in [2.75, 3.05) is 11.5 Å². The van der Waals surface area contributed by atoms with Crippen LogP contribution in [-0.4, -0.2) is 39.5 Å². The molecule has 0 saturated carbocycles. The Kier molecular flexibility index (Phi) is 9.36. The molecule has 0 saturated heterocycles. The molecule has 2 N–H and O–H groups in total. The third-order valence-electron chi connectivity index (χ3n) is 4.56. The standard InChI is InChI=1S/C17H30N4O6S/c1-19-15(23)20(2)17(25)21(16(19)24)11-9-7-5-3-4-6-8-10-12-28(26,27)13-14(18)22/h3-13H2,1-2H3,(H2,18,22). The highest BCUT2D eigenvalue weighted by Gasteiger charge is 2.13. The van der Waals surface area contributed by atoms with Gasteiger partial charge in [0, 0.05) is 20.6 Å². The highest BCUT2D eigenvalue weighted by atomic mass is 32.2. The second-order valence-corrected chi connectivity index (χ2v) is 9.19. The van der Waals surface area contributed by atoms with Gasteiger partial charge in [0.15, 0.2) is 9.84 Å². The van der Waals surface area contributed by atoms with E-state index in [1.807, 2.05) is 0 Å². The zero-order valence-corrected chi connectivity index (χ0v) is 17.4. The van der Waals surface area contributed by atoms with Gasteiger partial charge in [-0.2, -0.15) is 0 Å². The van der Waals surface area contributed by atoms with E-state index >= 15 is 0 Å². The first kappa shape index (κ1) is 23.9. The van der Waals surface area contributed by atoms with Gasteiger partial charge in [0.05, 0.1) is 5.75 Å². The number of primary amides is 1. The third-order valence-corrected chi connectivity index (χ3v) is 6.19. The SMILES string of the molecule is Cn1c(=O)n(C)c(=O)n(CCCCCCCCCCS(=O)(=O)CC(N)=O)c1=O. The predicted molar refractivity (Wildman–Crippen MR) is 106 cm³/mol. The van der Waals surface area contributed by atoms with Gasteiger partial charge in [-0.3, -0.25) is 4.79 Å². The quantitative estimate of drug-likeness (QED) is 0.418. The van der Waals surface area contributed by atoms with Gasteiger partial charge in [-0.05, 0) is 12.8 Å². The number of unbranched alkanes of at least 4 members (excludes halogenated alkanes) is 7. The molecule has 1 aromatic heterocycles. The Bertz CT molecular complexity index is 902. The molecule has 0 spiro atoms. The molecule has 28 heavy (non-hydrogen) atoms. The van der Waals surface area contributed by atoms with Crippen LogP contribution in [0.1, 0.15) is 51.4 Å². The van der Waals surface area contributed by atoms with Crippen LogP contribution in [0.3, 0.4) is 0 Å². The second kappa shape index (κ2) is 11.0. The van der Waals surface area contributed by atoms with Crippen LogP contribution in [-0.2, 0) is 35.3 Å². The first-order valence-corrected chi connectivity index (χ1v) is 11.2. The lowest BCUT2D eigenvalue weighted by atomic mass is 10.1. The van der Waals surface area contributed by atoms with Crippen molar-refractivity contribution in [2.24, 2.45) is 19.8 Å². The fourth-order valence-electron chi connectivity index (χ4n) is 2.97. The van der Waals surface area contributed by atoms with Crippen LogP contribution in [0.2, 0.25) is 0 Å². The number of sulfone groups is 1. The van der Waals surface area contributed by atoms with Gasteiger partial charge in [-0.1, -0.05) is 38.5 Å². The minimum Gasteiger partial charge on any atom is -0.369 e. The van der Waals surface area contributed by atoms with Gasteiger partial charge >= 0.3 is 17.1 Å². The monoisotopic (exact) mass is 418 g/mol. The average Bonchev–Trinajstić information content (AvgIpc) is 2.61. The summed E-state index contributed by atoms with van der Waals surface area (Å²) in [5.74, 6) is -1.42. The Morgan fingerprint density at radius 3 is 1.68 bits per heavy atom. The lowest BCUT2D eigenvalue weighted by Crippen LogP contribution is -2.52.